The molecule has 0 aliphatic carbocycles. The smallest absolute Gasteiger partial charge is 0.307 e. The summed E-state index contributed by atoms with van der Waals surface area (Å²) < 4.78 is 5.62. The highest BCUT2D eigenvalue weighted by molar-refractivity contribution is 8.26. The summed E-state index contributed by atoms with van der Waals surface area (Å²) in [6, 6.07) is 3.88. The third-order valence-corrected chi connectivity index (χ3v) is 5.29. The average molecular weight is 372 g/mol. The van der Waals surface area contributed by atoms with Crippen LogP contribution in [0.4, 0.5) is 0 Å². The number of hydrogen-bond acceptors (Lipinski definition) is 6. The van der Waals surface area contributed by atoms with Gasteiger partial charge in [0.25, 0.3) is 5.91 Å². The molecule has 2 rings (SSSR count). The zero-order chi connectivity index (χ0) is 16.8. The number of thiophene rings is 1. The van der Waals surface area contributed by atoms with Crippen LogP contribution in [0.15, 0.2) is 22.4 Å². The van der Waals surface area contributed by atoms with Crippen molar-refractivity contribution in [3.8, 4) is 0 Å². The van der Waals surface area contributed by atoms with E-state index in [1.165, 1.54) is 21.6 Å². The minimum atomic E-state index is -0.303. The van der Waals surface area contributed by atoms with E-state index < -0.39 is 0 Å². The first-order valence-corrected chi connectivity index (χ1v) is 9.31. The molecule has 1 N–H and O–H groups in total. The number of likely N-dealkylation sites (N-methyl/N-ethyl adjacent to an activating group) is 1. The molecule has 1 aliphatic heterocycles. The van der Waals surface area contributed by atoms with E-state index in [0.717, 1.165) is 11.4 Å². The van der Waals surface area contributed by atoms with Crippen molar-refractivity contribution in [3.05, 3.63) is 27.3 Å². The fourth-order valence-electron chi connectivity index (χ4n) is 1.84. The molecule has 1 aromatic heterocycles. The molecule has 8 heteroatoms. The van der Waals surface area contributed by atoms with Crippen LogP contribution < -0.4 is 4.90 Å². The number of quaternary nitrogens is 1. The highest BCUT2D eigenvalue weighted by Gasteiger charge is 2.32. The van der Waals surface area contributed by atoms with Crippen molar-refractivity contribution in [2.24, 2.45) is 0 Å². The fraction of sp³-hybridized carbons (Fsp3) is 0.400. The van der Waals surface area contributed by atoms with Crippen LogP contribution in [0.5, 0.6) is 0 Å². The number of amides is 1. The summed E-state index contributed by atoms with van der Waals surface area (Å²) in [6.07, 6.45) is 1.99. The first-order valence-electron chi connectivity index (χ1n) is 7.21. The van der Waals surface area contributed by atoms with Gasteiger partial charge in [-0.25, -0.2) is 0 Å². The van der Waals surface area contributed by atoms with Crippen LogP contribution in [-0.4, -0.2) is 54.9 Å². The number of thiocarbonyl (C=S) groups is 1. The standard InChI is InChI=1S/C15H18N2O3S3/c1-16(2)7-8-20-13(18)5-6-17-14(19)12(23-15(17)21)10-11-4-3-9-22-11/h3-4,9-10H,5-8H2,1-2H3/p+1/b12-10+. The highest BCUT2D eigenvalue weighted by Crippen LogP contribution is 2.33. The first-order chi connectivity index (χ1) is 11.0. The first kappa shape index (κ1) is 18.1. The molecular weight excluding hydrogens is 352 g/mol. The molecule has 1 fully saturated rings. The van der Waals surface area contributed by atoms with E-state index in [1.807, 2.05) is 37.7 Å². The number of rotatable bonds is 7. The third kappa shape index (κ3) is 5.42. The average Bonchev–Trinajstić information content (AvgIpc) is 3.07. The summed E-state index contributed by atoms with van der Waals surface area (Å²) in [5, 5.41) is 1.96. The molecule has 2 heterocycles. The van der Waals surface area contributed by atoms with Crippen LogP contribution in [0.1, 0.15) is 11.3 Å². The number of carbonyl (C=O) groups is 2. The molecule has 0 unspecified atom stereocenters. The Balaban J connectivity index is 1.85. The molecule has 0 spiro atoms. The van der Waals surface area contributed by atoms with E-state index in [-0.39, 0.29) is 24.8 Å². The van der Waals surface area contributed by atoms with E-state index in [1.54, 1.807) is 11.3 Å². The van der Waals surface area contributed by atoms with Crippen LogP contribution in [0.25, 0.3) is 6.08 Å². The van der Waals surface area contributed by atoms with Gasteiger partial charge in [-0.3, -0.25) is 14.5 Å². The Morgan fingerprint density at radius 2 is 2.26 bits per heavy atom. The summed E-state index contributed by atoms with van der Waals surface area (Å²) in [7, 11) is 3.99. The number of thioether (sulfide) groups is 1. The van der Waals surface area contributed by atoms with Gasteiger partial charge >= 0.3 is 5.97 Å². The van der Waals surface area contributed by atoms with E-state index in [9.17, 15) is 9.59 Å². The maximum absolute atomic E-state index is 12.4. The second-order valence-corrected chi connectivity index (χ2v) is 7.93. The molecule has 0 atom stereocenters. The monoisotopic (exact) mass is 371 g/mol. The van der Waals surface area contributed by atoms with Crippen molar-refractivity contribution < 1.29 is 19.2 Å². The molecule has 0 radical (unpaired) electrons. The Labute approximate surface area is 149 Å². The van der Waals surface area contributed by atoms with Crippen LogP contribution >= 0.6 is 35.3 Å². The molecule has 0 bridgehead atoms. The summed E-state index contributed by atoms with van der Waals surface area (Å²) in [5.74, 6) is -0.443. The Kier molecular flexibility index (Phi) is 6.76. The molecule has 1 aromatic rings. The van der Waals surface area contributed by atoms with Crippen LogP contribution in [0, 0.1) is 0 Å². The van der Waals surface area contributed by atoms with E-state index in [0.29, 0.717) is 15.8 Å². The Morgan fingerprint density at radius 1 is 1.48 bits per heavy atom. The van der Waals surface area contributed by atoms with Crippen molar-refractivity contribution in [2.75, 3.05) is 33.8 Å². The topological polar surface area (TPSA) is 51.1 Å². The number of nitrogens with one attached hydrogen (secondary N) is 1. The quantitative estimate of drug-likeness (QED) is 0.441. The molecule has 0 aromatic carbocycles. The van der Waals surface area contributed by atoms with Crippen molar-refractivity contribution >= 4 is 57.6 Å². The minimum Gasteiger partial charge on any atom is -0.460 e. The van der Waals surface area contributed by atoms with Gasteiger partial charge in [0.2, 0.25) is 0 Å². The Bertz CT molecular complexity index is 611. The van der Waals surface area contributed by atoms with Gasteiger partial charge in [-0.2, -0.15) is 0 Å². The van der Waals surface area contributed by atoms with Gasteiger partial charge in [0, 0.05) is 11.4 Å². The van der Waals surface area contributed by atoms with Crippen molar-refractivity contribution in [1.82, 2.24) is 4.90 Å². The highest BCUT2D eigenvalue weighted by atomic mass is 32.2. The molecule has 124 valence electrons. The molecule has 23 heavy (non-hydrogen) atoms. The van der Waals surface area contributed by atoms with E-state index in [2.05, 4.69) is 0 Å². The van der Waals surface area contributed by atoms with Gasteiger partial charge in [0.1, 0.15) is 17.5 Å². The normalized spacial score (nSPS) is 16.7. The van der Waals surface area contributed by atoms with E-state index in [4.69, 9.17) is 17.0 Å². The molecule has 1 saturated heterocycles. The Hall–Kier alpha value is -1.22. The minimum absolute atomic E-state index is 0.140. The van der Waals surface area contributed by atoms with Gasteiger partial charge in [-0.05, 0) is 17.5 Å². The predicted octanol–water partition coefficient (Wildman–Crippen LogP) is 1.03. The Morgan fingerprint density at radius 3 is 2.91 bits per heavy atom. The molecule has 1 amide bonds. The zero-order valence-electron chi connectivity index (χ0n) is 13.0. The molecular formula is C15H19N2O3S3+. The molecule has 0 saturated carbocycles. The predicted molar refractivity (Wildman–Crippen MR) is 97.5 cm³/mol. The zero-order valence-corrected chi connectivity index (χ0v) is 15.5. The van der Waals surface area contributed by atoms with Crippen LogP contribution in [0.2, 0.25) is 0 Å². The second-order valence-electron chi connectivity index (χ2n) is 5.28. The van der Waals surface area contributed by atoms with E-state index >= 15 is 0 Å². The summed E-state index contributed by atoms with van der Waals surface area (Å²) in [6.45, 7) is 1.41. The van der Waals surface area contributed by atoms with Gasteiger partial charge < -0.3 is 9.64 Å². The maximum Gasteiger partial charge on any atom is 0.307 e. The number of nitrogens with zero attached hydrogens (tertiary/aromatic N) is 1. The number of carbonyl (C=O) groups excluding carboxylic acids is 2. The lowest BCUT2D eigenvalue weighted by Crippen LogP contribution is -3.06. The summed E-state index contributed by atoms with van der Waals surface area (Å²) in [4.78, 5) is 28.4. The maximum atomic E-state index is 12.4. The third-order valence-electron chi connectivity index (χ3n) is 3.09. The molecule has 5 nitrogen and oxygen atoms in total. The number of ether oxygens (including phenoxy) is 1. The summed E-state index contributed by atoms with van der Waals surface area (Å²) in [5.41, 5.74) is 0. The van der Waals surface area contributed by atoms with Crippen molar-refractivity contribution in [1.29, 1.82) is 0 Å². The van der Waals surface area contributed by atoms with Crippen LogP contribution in [-0.2, 0) is 14.3 Å². The van der Waals surface area contributed by atoms with Gasteiger partial charge in [0.05, 0.1) is 25.4 Å². The van der Waals surface area contributed by atoms with Crippen molar-refractivity contribution in [2.45, 2.75) is 6.42 Å². The van der Waals surface area contributed by atoms with Gasteiger partial charge in [-0.1, -0.05) is 30.0 Å². The summed E-state index contributed by atoms with van der Waals surface area (Å²) >= 11 is 8.08. The largest absolute Gasteiger partial charge is 0.460 e. The lowest BCUT2D eigenvalue weighted by molar-refractivity contribution is -0.858. The number of esters is 1. The van der Waals surface area contributed by atoms with Gasteiger partial charge in [-0.15, -0.1) is 11.3 Å². The van der Waals surface area contributed by atoms with Crippen molar-refractivity contribution in [3.63, 3.8) is 0 Å². The second kappa shape index (κ2) is 8.58. The lowest BCUT2D eigenvalue weighted by atomic mass is 10.3. The SMILES string of the molecule is C[NH+](C)CCOC(=O)CCN1C(=O)/C(=C\c2cccs2)SC1=S. The van der Waals surface area contributed by atoms with Crippen LogP contribution in [0.3, 0.4) is 0 Å². The fourth-order valence-corrected chi connectivity index (χ4v) is 3.87. The van der Waals surface area contributed by atoms with Gasteiger partial charge in [0.15, 0.2) is 0 Å². The number of hydrogen-bond donors (Lipinski definition) is 1. The lowest BCUT2D eigenvalue weighted by Gasteiger charge is -2.14. The molecule has 1 aliphatic rings.